The molecule has 3 rings (SSSR count). The third-order valence-electron chi connectivity index (χ3n) is 4.31. The second-order valence-electron chi connectivity index (χ2n) is 6.13. The topological polar surface area (TPSA) is 98.1 Å². The maximum Gasteiger partial charge on any atom is 0.233 e. The van der Waals surface area contributed by atoms with Crippen LogP contribution in [0, 0.1) is 0 Å². The molecule has 0 spiro atoms. The summed E-state index contributed by atoms with van der Waals surface area (Å²) in [6.07, 6.45) is 0.512. The molecule has 0 aliphatic carbocycles. The van der Waals surface area contributed by atoms with Gasteiger partial charge in [-0.25, -0.2) is 13.1 Å². The van der Waals surface area contributed by atoms with Crippen LogP contribution in [0.1, 0.15) is 18.9 Å². The first kappa shape index (κ1) is 18.8. The summed E-state index contributed by atoms with van der Waals surface area (Å²) in [7, 11) is -3.02. The third kappa shape index (κ3) is 4.61. The molecule has 1 aliphatic rings. The van der Waals surface area contributed by atoms with Gasteiger partial charge in [-0.1, -0.05) is 42.1 Å². The molecule has 1 aliphatic heterocycles. The van der Waals surface area contributed by atoms with E-state index < -0.39 is 9.84 Å². The molecule has 0 bridgehead atoms. The van der Waals surface area contributed by atoms with E-state index in [-0.39, 0.29) is 29.2 Å². The molecule has 2 aromatic rings. The molecule has 1 aromatic heterocycles. The van der Waals surface area contributed by atoms with Crippen molar-refractivity contribution >= 4 is 27.5 Å². The number of hydrogen-bond donors (Lipinski definition) is 0. The Hall–Kier alpha value is -1.94. The van der Waals surface area contributed by atoms with Crippen molar-refractivity contribution in [2.75, 3.05) is 23.8 Å². The monoisotopic (exact) mass is 395 g/mol. The quantitative estimate of drug-likeness (QED) is 0.641. The highest BCUT2D eigenvalue weighted by Crippen LogP contribution is 2.21. The van der Waals surface area contributed by atoms with Crippen LogP contribution in [0.15, 0.2) is 35.5 Å². The van der Waals surface area contributed by atoms with Crippen molar-refractivity contribution in [2.24, 2.45) is 0 Å². The second-order valence-corrected chi connectivity index (χ2v) is 9.30. The van der Waals surface area contributed by atoms with E-state index in [2.05, 4.69) is 15.5 Å². The van der Waals surface area contributed by atoms with Gasteiger partial charge in [-0.3, -0.25) is 4.79 Å². The van der Waals surface area contributed by atoms with Gasteiger partial charge in [-0.2, -0.15) is 0 Å². The predicted molar refractivity (Wildman–Crippen MR) is 98.5 cm³/mol. The number of aromatic nitrogens is 4. The lowest BCUT2D eigenvalue weighted by molar-refractivity contribution is -0.129. The molecule has 140 valence electrons. The standard InChI is InChI=1S/C16H21N5O3S2/c1-2-20(14-8-9-26(23,24)12-14)15(22)11-25-16-17-18-19-21(16)10-13-6-4-3-5-7-13/h3-7,14H,2,8-12H2,1H3. The van der Waals surface area contributed by atoms with Crippen LogP contribution in [0.4, 0.5) is 0 Å². The highest BCUT2D eigenvalue weighted by molar-refractivity contribution is 7.99. The highest BCUT2D eigenvalue weighted by Gasteiger charge is 2.33. The van der Waals surface area contributed by atoms with Gasteiger partial charge in [0.15, 0.2) is 9.84 Å². The van der Waals surface area contributed by atoms with Gasteiger partial charge in [0.2, 0.25) is 11.1 Å². The molecule has 0 saturated carbocycles. The van der Waals surface area contributed by atoms with Crippen molar-refractivity contribution in [3.8, 4) is 0 Å². The third-order valence-corrected chi connectivity index (χ3v) is 7.00. The van der Waals surface area contributed by atoms with E-state index >= 15 is 0 Å². The van der Waals surface area contributed by atoms with E-state index in [1.807, 2.05) is 37.3 Å². The van der Waals surface area contributed by atoms with Crippen LogP contribution in [-0.4, -0.2) is 69.3 Å². The Labute approximate surface area is 156 Å². The Balaban J connectivity index is 1.60. The summed E-state index contributed by atoms with van der Waals surface area (Å²) >= 11 is 1.27. The average Bonchev–Trinajstić information content (AvgIpc) is 3.20. The van der Waals surface area contributed by atoms with E-state index in [4.69, 9.17) is 0 Å². The number of rotatable bonds is 7. The van der Waals surface area contributed by atoms with Crippen LogP contribution >= 0.6 is 11.8 Å². The van der Waals surface area contributed by atoms with Gasteiger partial charge in [0.1, 0.15) is 0 Å². The first-order valence-electron chi connectivity index (χ1n) is 8.41. The number of nitrogens with zero attached hydrogens (tertiary/aromatic N) is 5. The molecule has 10 heteroatoms. The molecule has 0 N–H and O–H groups in total. The molecule has 1 atom stereocenters. The molecule has 2 heterocycles. The van der Waals surface area contributed by atoms with Gasteiger partial charge >= 0.3 is 0 Å². The van der Waals surface area contributed by atoms with Crippen LogP contribution in [0.2, 0.25) is 0 Å². The number of carbonyl (C=O) groups excluding carboxylic acids is 1. The summed E-state index contributed by atoms with van der Waals surface area (Å²) < 4.78 is 25.0. The molecule has 1 aromatic carbocycles. The van der Waals surface area contributed by atoms with E-state index in [0.717, 1.165) is 5.56 Å². The molecule has 8 nitrogen and oxygen atoms in total. The maximum atomic E-state index is 12.6. The van der Waals surface area contributed by atoms with Gasteiger partial charge in [-0.05, 0) is 29.3 Å². The molecule has 1 fully saturated rings. The van der Waals surface area contributed by atoms with E-state index in [9.17, 15) is 13.2 Å². The van der Waals surface area contributed by atoms with Gasteiger partial charge in [0, 0.05) is 12.6 Å². The van der Waals surface area contributed by atoms with Crippen molar-refractivity contribution < 1.29 is 13.2 Å². The Morgan fingerprint density at radius 1 is 1.35 bits per heavy atom. The predicted octanol–water partition coefficient (Wildman–Crippen LogP) is 0.849. The summed E-state index contributed by atoms with van der Waals surface area (Å²) in [5, 5.41) is 12.2. The van der Waals surface area contributed by atoms with Gasteiger partial charge in [0.25, 0.3) is 0 Å². The first-order valence-corrected chi connectivity index (χ1v) is 11.2. The van der Waals surface area contributed by atoms with Crippen molar-refractivity contribution in [1.29, 1.82) is 0 Å². The average molecular weight is 396 g/mol. The summed E-state index contributed by atoms with van der Waals surface area (Å²) in [5.41, 5.74) is 1.07. The largest absolute Gasteiger partial charge is 0.338 e. The zero-order chi connectivity index (χ0) is 18.6. The summed E-state index contributed by atoms with van der Waals surface area (Å²) in [6, 6.07) is 9.59. The maximum absolute atomic E-state index is 12.6. The minimum Gasteiger partial charge on any atom is -0.338 e. The van der Waals surface area contributed by atoms with Crippen LogP contribution in [-0.2, 0) is 21.2 Å². The van der Waals surface area contributed by atoms with Gasteiger partial charge < -0.3 is 4.90 Å². The number of thioether (sulfide) groups is 1. The van der Waals surface area contributed by atoms with Gasteiger partial charge in [0.05, 0.1) is 23.8 Å². The Bertz CT molecular complexity index is 854. The van der Waals surface area contributed by atoms with Crippen molar-refractivity contribution in [3.05, 3.63) is 35.9 Å². The minimum atomic E-state index is -3.02. The van der Waals surface area contributed by atoms with Crippen LogP contribution in [0.25, 0.3) is 0 Å². The van der Waals surface area contributed by atoms with Crippen LogP contribution in [0.5, 0.6) is 0 Å². The Morgan fingerprint density at radius 2 is 2.12 bits per heavy atom. The van der Waals surface area contributed by atoms with Crippen LogP contribution in [0.3, 0.4) is 0 Å². The fourth-order valence-electron chi connectivity index (χ4n) is 3.02. The van der Waals surface area contributed by atoms with E-state index in [0.29, 0.717) is 24.7 Å². The minimum absolute atomic E-state index is 0.0585. The van der Waals surface area contributed by atoms with Crippen molar-refractivity contribution in [1.82, 2.24) is 25.1 Å². The number of tetrazole rings is 1. The fourth-order valence-corrected chi connectivity index (χ4v) is 5.52. The zero-order valence-corrected chi connectivity index (χ0v) is 16.1. The number of benzene rings is 1. The first-order chi connectivity index (χ1) is 12.5. The van der Waals surface area contributed by atoms with Crippen molar-refractivity contribution in [2.45, 2.75) is 31.1 Å². The molecular weight excluding hydrogens is 374 g/mol. The van der Waals surface area contributed by atoms with Crippen LogP contribution < -0.4 is 0 Å². The van der Waals surface area contributed by atoms with Crippen molar-refractivity contribution in [3.63, 3.8) is 0 Å². The number of amides is 1. The van der Waals surface area contributed by atoms with Gasteiger partial charge in [-0.15, -0.1) is 5.10 Å². The molecular formula is C16H21N5O3S2. The normalized spacial score (nSPS) is 18.7. The second kappa shape index (κ2) is 8.17. The lowest BCUT2D eigenvalue weighted by Crippen LogP contribution is -2.42. The van der Waals surface area contributed by atoms with E-state index in [1.165, 1.54) is 11.8 Å². The molecule has 1 saturated heterocycles. The molecule has 0 radical (unpaired) electrons. The highest BCUT2D eigenvalue weighted by atomic mass is 32.2. The number of carbonyl (C=O) groups is 1. The molecule has 26 heavy (non-hydrogen) atoms. The Kier molecular flexibility index (Phi) is 5.92. The number of sulfone groups is 1. The smallest absolute Gasteiger partial charge is 0.233 e. The fraction of sp³-hybridized carbons (Fsp3) is 0.500. The zero-order valence-electron chi connectivity index (χ0n) is 14.5. The Morgan fingerprint density at radius 3 is 2.77 bits per heavy atom. The summed E-state index contributed by atoms with van der Waals surface area (Å²) in [5.74, 6) is 0.306. The molecule has 1 unspecified atom stereocenters. The summed E-state index contributed by atoms with van der Waals surface area (Å²) in [4.78, 5) is 14.2. The van der Waals surface area contributed by atoms with E-state index in [1.54, 1.807) is 9.58 Å². The lowest BCUT2D eigenvalue weighted by Gasteiger charge is -2.26. The summed E-state index contributed by atoms with van der Waals surface area (Å²) in [6.45, 7) is 2.89. The lowest BCUT2D eigenvalue weighted by atomic mass is 10.2. The number of hydrogen-bond acceptors (Lipinski definition) is 7. The SMILES string of the molecule is CCN(C(=O)CSc1nnnn1Cc1ccccc1)C1CCS(=O)(=O)C1. The molecule has 1 amide bonds.